The Morgan fingerprint density at radius 1 is 1.38 bits per heavy atom. The maximum absolute atomic E-state index is 3.09. The Balaban J connectivity index is 2.19. The van der Waals surface area contributed by atoms with Crippen LogP contribution < -0.4 is 10.9 Å². The van der Waals surface area contributed by atoms with E-state index in [0.29, 0.717) is 0 Å². The van der Waals surface area contributed by atoms with Crippen molar-refractivity contribution in [2.75, 3.05) is 0 Å². The van der Waals surface area contributed by atoms with Crippen LogP contribution in [0.4, 0.5) is 0 Å². The van der Waals surface area contributed by atoms with E-state index in [4.69, 9.17) is 0 Å². The van der Waals surface area contributed by atoms with E-state index in [-0.39, 0.29) is 5.66 Å². The Labute approximate surface area is 50.6 Å². The van der Waals surface area contributed by atoms with Gasteiger partial charge in [0.25, 0.3) is 0 Å². The predicted octanol–water partition coefficient (Wildman–Crippen LogP) is 0.856. The molecule has 2 N–H and O–H groups in total. The third-order valence-electron chi connectivity index (χ3n) is 1.37. The second-order valence-electron chi connectivity index (χ2n) is 3.18. The molecule has 0 aromatic heterocycles. The molecule has 0 amide bonds. The van der Waals surface area contributed by atoms with E-state index in [9.17, 15) is 0 Å². The number of nitrogens with one attached hydrogen (secondary N) is 2. The van der Waals surface area contributed by atoms with Crippen LogP contribution in [0.15, 0.2) is 0 Å². The molecule has 8 heavy (non-hydrogen) atoms. The van der Waals surface area contributed by atoms with Crippen molar-refractivity contribution in [3.8, 4) is 0 Å². The average Bonchev–Trinajstić information content (AvgIpc) is 2.17. The van der Waals surface area contributed by atoms with Crippen LogP contribution in [0.5, 0.6) is 0 Å². The van der Waals surface area contributed by atoms with Gasteiger partial charge in [-0.05, 0) is 19.3 Å². The zero-order valence-electron chi connectivity index (χ0n) is 5.78. The third kappa shape index (κ3) is 1.46. The van der Waals surface area contributed by atoms with Gasteiger partial charge < -0.3 is 0 Å². The smallest absolute Gasteiger partial charge is 0.0918 e. The summed E-state index contributed by atoms with van der Waals surface area (Å²) >= 11 is 0. The molecule has 1 saturated heterocycles. The van der Waals surface area contributed by atoms with E-state index in [1.54, 1.807) is 0 Å². The van der Waals surface area contributed by atoms with Gasteiger partial charge in [-0.1, -0.05) is 13.8 Å². The fourth-order valence-corrected chi connectivity index (χ4v) is 1.03. The molecule has 1 aliphatic heterocycles. The van der Waals surface area contributed by atoms with Crippen molar-refractivity contribution in [3.63, 3.8) is 0 Å². The molecule has 0 aromatic rings. The highest BCUT2D eigenvalue weighted by molar-refractivity contribution is 4.89. The summed E-state index contributed by atoms with van der Waals surface area (Å²) in [5.41, 5.74) is 6.46. The molecule has 0 aromatic carbocycles. The minimum Gasteiger partial charge on any atom is -0.235 e. The van der Waals surface area contributed by atoms with Crippen LogP contribution in [-0.2, 0) is 0 Å². The molecule has 48 valence electrons. The van der Waals surface area contributed by atoms with Crippen LogP contribution in [0.2, 0.25) is 0 Å². The first-order chi connectivity index (χ1) is 3.62. The summed E-state index contributed by atoms with van der Waals surface area (Å²) in [6.07, 6.45) is 1.22. The maximum atomic E-state index is 3.09. The van der Waals surface area contributed by atoms with Gasteiger partial charge in [-0.3, -0.25) is 0 Å². The third-order valence-corrected chi connectivity index (χ3v) is 1.37. The summed E-state index contributed by atoms with van der Waals surface area (Å²) in [6.45, 7) is 6.63. The van der Waals surface area contributed by atoms with E-state index >= 15 is 0 Å². The lowest BCUT2D eigenvalue weighted by atomic mass is 10.0. The fraction of sp³-hybridized carbons (Fsp3) is 1.00. The van der Waals surface area contributed by atoms with Gasteiger partial charge in [-0.15, -0.1) is 0 Å². The topological polar surface area (TPSA) is 43.9 Å². The Kier molecular flexibility index (Phi) is 1.29. The lowest BCUT2D eigenvalue weighted by Gasteiger charge is -2.06. The monoisotopic (exact) mass is 114 g/mol. The number of hydrogen-bond acceptors (Lipinski definition) is 2. The molecule has 0 saturated carbocycles. The van der Waals surface area contributed by atoms with Crippen molar-refractivity contribution in [2.24, 2.45) is 5.92 Å². The van der Waals surface area contributed by atoms with Gasteiger partial charge in [0.1, 0.15) is 0 Å². The minimum atomic E-state index is 0.272. The fourth-order valence-electron chi connectivity index (χ4n) is 1.03. The molecule has 2 heteroatoms. The van der Waals surface area contributed by atoms with Gasteiger partial charge in [0.2, 0.25) is 0 Å². The van der Waals surface area contributed by atoms with Crippen LogP contribution >= 0.6 is 0 Å². The van der Waals surface area contributed by atoms with Crippen LogP contribution in [0.3, 0.4) is 0 Å². The Morgan fingerprint density at radius 3 is 2.00 bits per heavy atom. The molecule has 1 aliphatic rings. The number of hydrogen-bond donors (Lipinski definition) is 2. The summed E-state index contributed by atoms with van der Waals surface area (Å²) in [5.74, 6) is 0.780. The SMILES string of the molecule is CC(C)CC1(C)NN1. The molecule has 1 heterocycles. The quantitative estimate of drug-likeness (QED) is 0.523. The second kappa shape index (κ2) is 1.71. The first-order valence-corrected chi connectivity index (χ1v) is 3.17. The van der Waals surface area contributed by atoms with Crippen LogP contribution in [-0.4, -0.2) is 5.66 Å². The van der Waals surface area contributed by atoms with Crippen molar-refractivity contribution >= 4 is 0 Å². The molecular weight excluding hydrogens is 100 g/mol. The Hall–Kier alpha value is -0.0800. The molecule has 0 radical (unpaired) electrons. The van der Waals surface area contributed by atoms with Crippen LogP contribution in [0, 0.1) is 5.92 Å². The van der Waals surface area contributed by atoms with E-state index in [1.165, 1.54) is 6.42 Å². The van der Waals surface area contributed by atoms with Crippen LogP contribution in [0.1, 0.15) is 27.2 Å². The number of hydrazine groups is 1. The van der Waals surface area contributed by atoms with E-state index in [0.717, 1.165) is 5.92 Å². The van der Waals surface area contributed by atoms with E-state index < -0.39 is 0 Å². The van der Waals surface area contributed by atoms with Crippen LogP contribution in [0.25, 0.3) is 0 Å². The van der Waals surface area contributed by atoms with E-state index in [1.807, 2.05) is 0 Å². The largest absolute Gasteiger partial charge is 0.235 e. The molecule has 0 spiro atoms. The molecule has 1 fully saturated rings. The van der Waals surface area contributed by atoms with Gasteiger partial charge >= 0.3 is 0 Å². The lowest BCUT2D eigenvalue weighted by Crippen LogP contribution is -2.14. The Morgan fingerprint density at radius 2 is 1.88 bits per heavy atom. The standard InChI is InChI=1S/C6H14N2/c1-5(2)4-6(3)7-8-6/h5,7-8H,4H2,1-3H3. The summed E-state index contributed by atoms with van der Waals surface area (Å²) in [5, 5.41) is 0. The molecule has 0 unspecified atom stereocenters. The van der Waals surface area contributed by atoms with Crippen molar-refractivity contribution < 1.29 is 0 Å². The number of rotatable bonds is 2. The molecule has 2 nitrogen and oxygen atoms in total. The van der Waals surface area contributed by atoms with Crippen molar-refractivity contribution in [1.29, 1.82) is 0 Å². The van der Waals surface area contributed by atoms with Gasteiger partial charge in [0.05, 0.1) is 5.66 Å². The summed E-state index contributed by atoms with van der Waals surface area (Å²) in [6, 6.07) is 0. The average molecular weight is 114 g/mol. The molecular formula is C6H14N2. The summed E-state index contributed by atoms with van der Waals surface area (Å²) in [7, 11) is 0. The Bertz CT molecular complexity index is 84.5. The van der Waals surface area contributed by atoms with Crippen molar-refractivity contribution in [3.05, 3.63) is 0 Å². The zero-order chi connectivity index (χ0) is 6.20. The molecule has 0 atom stereocenters. The predicted molar refractivity (Wildman–Crippen MR) is 34.1 cm³/mol. The molecule has 0 aliphatic carbocycles. The minimum absolute atomic E-state index is 0.272. The van der Waals surface area contributed by atoms with Crippen molar-refractivity contribution in [1.82, 2.24) is 10.9 Å². The van der Waals surface area contributed by atoms with Gasteiger partial charge in [0.15, 0.2) is 0 Å². The molecule has 0 bridgehead atoms. The van der Waals surface area contributed by atoms with Crippen molar-refractivity contribution in [2.45, 2.75) is 32.9 Å². The summed E-state index contributed by atoms with van der Waals surface area (Å²) in [4.78, 5) is 0. The maximum Gasteiger partial charge on any atom is 0.0918 e. The zero-order valence-corrected chi connectivity index (χ0v) is 5.78. The highest BCUT2D eigenvalue weighted by Crippen LogP contribution is 2.18. The normalized spacial score (nSPS) is 24.0. The first-order valence-electron chi connectivity index (χ1n) is 3.17. The highest BCUT2D eigenvalue weighted by atomic mass is 15.7. The first kappa shape index (κ1) is 6.05. The van der Waals surface area contributed by atoms with Gasteiger partial charge in [-0.25, -0.2) is 10.9 Å². The lowest BCUT2D eigenvalue weighted by molar-refractivity contribution is 0.481. The molecule has 1 rings (SSSR count). The highest BCUT2D eigenvalue weighted by Gasteiger charge is 2.35. The summed E-state index contributed by atoms with van der Waals surface area (Å²) < 4.78 is 0. The van der Waals surface area contributed by atoms with Gasteiger partial charge in [-0.2, -0.15) is 0 Å². The second-order valence-corrected chi connectivity index (χ2v) is 3.18. The van der Waals surface area contributed by atoms with Gasteiger partial charge in [0, 0.05) is 0 Å². The van der Waals surface area contributed by atoms with E-state index in [2.05, 4.69) is 31.6 Å².